The highest BCUT2D eigenvalue weighted by Gasteiger charge is 2.14. The Balaban J connectivity index is 1.84. The molecule has 0 aliphatic heterocycles. The van der Waals surface area contributed by atoms with E-state index in [9.17, 15) is 9.59 Å². The van der Waals surface area contributed by atoms with Gasteiger partial charge in [-0.2, -0.15) is 0 Å². The molecule has 1 aromatic carbocycles. The first kappa shape index (κ1) is 16.7. The lowest BCUT2D eigenvalue weighted by Crippen LogP contribution is -2.25. The molecule has 1 amide bonds. The van der Waals surface area contributed by atoms with Gasteiger partial charge in [0.1, 0.15) is 5.56 Å². The largest absolute Gasteiger partial charge is 0.326 e. The molecule has 6 nitrogen and oxygen atoms in total. The molecule has 0 radical (unpaired) electrons. The van der Waals surface area contributed by atoms with Crippen molar-refractivity contribution in [1.29, 1.82) is 0 Å². The number of nitrogens with zero attached hydrogens (tertiary/aromatic N) is 2. The van der Waals surface area contributed by atoms with Gasteiger partial charge in [-0.15, -0.1) is 0 Å². The van der Waals surface area contributed by atoms with Gasteiger partial charge in [0, 0.05) is 22.8 Å². The summed E-state index contributed by atoms with van der Waals surface area (Å²) in [5.41, 5.74) is 4.77. The van der Waals surface area contributed by atoms with Crippen molar-refractivity contribution in [2.75, 3.05) is 5.32 Å². The lowest BCUT2D eigenvalue weighted by Gasteiger charge is -2.10. The molecule has 0 aliphatic rings. The van der Waals surface area contributed by atoms with Gasteiger partial charge in [-0.25, -0.2) is 4.98 Å². The van der Waals surface area contributed by atoms with Crippen LogP contribution in [0.1, 0.15) is 33.0 Å². The second kappa shape index (κ2) is 6.39. The number of carbonyl (C=O) groups excluding carboxylic acids is 1. The van der Waals surface area contributed by atoms with E-state index in [1.807, 2.05) is 30.5 Å². The molecule has 6 heteroatoms. The number of nitrogens with one attached hydrogen (secondary N) is 2. The molecule has 0 unspecified atom stereocenters. The molecular formula is C19H20N4O2. The molecule has 0 fully saturated rings. The molecule has 2 aromatic heterocycles. The number of carbonyl (C=O) groups is 1. The van der Waals surface area contributed by atoms with E-state index in [1.165, 1.54) is 0 Å². The highest BCUT2D eigenvalue weighted by Crippen LogP contribution is 2.17. The topological polar surface area (TPSA) is 79.8 Å². The van der Waals surface area contributed by atoms with Crippen molar-refractivity contribution in [3.63, 3.8) is 0 Å². The zero-order valence-electron chi connectivity index (χ0n) is 14.7. The molecule has 0 saturated carbocycles. The highest BCUT2D eigenvalue weighted by molar-refractivity contribution is 6.05. The summed E-state index contributed by atoms with van der Waals surface area (Å²) in [5, 5.41) is 2.77. The number of amides is 1. The molecule has 0 atom stereocenters. The smallest absolute Gasteiger partial charge is 0.261 e. The molecule has 0 aliphatic carbocycles. The van der Waals surface area contributed by atoms with Crippen molar-refractivity contribution in [2.24, 2.45) is 0 Å². The van der Waals surface area contributed by atoms with Crippen LogP contribution in [0.25, 0.3) is 5.69 Å². The van der Waals surface area contributed by atoms with E-state index in [1.54, 1.807) is 38.4 Å². The zero-order chi connectivity index (χ0) is 18.1. The third kappa shape index (κ3) is 3.24. The first-order valence-electron chi connectivity index (χ1n) is 7.99. The van der Waals surface area contributed by atoms with Crippen LogP contribution in [0.15, 0.2) is 41.5 Å². The van der Waals surface area contributed by atoms with Crippen LogP contribution < -0.4 is 10.9 Å². The molecular weight excluding hydrogens is 316 g/mol. The molecule has 3 aromatic rings. The summed E-state index contributed by atoms with van der Waals surface area (Å²) in [6.45, 7) is 7.51. The van der Waals surface area contributed by atoms with Crippen LogP contribution in [0.5, 0.6) is 0 Å². The van der Waals surface area contributed by atoms with E-state index in [-0.39, 0.29) is 11.1 Å². The molecule has 0 spiro atoms. The number of aromatic nitrogens is 3. The summed E-state index contributed by atoms with van der Waals surface area (Å²) in [5.74, 6) is -0.416. The van der Waals surface area contributed by atoms with Crippen molar-refractivity contribution in [3.05, 3.63) is 75.2 Å². The number of pyridine rings is 1. The third-order valence-electron chi connectivity index (χ3n) is 4.25. The van der Waals surface area contributed by atoms with Gasteiger partial charge in [0.25, 0.3) is 11.5 Å². The Morgan fingerprint density at radius 3 is 2.36 bits per heavy atom. The Morgan fingerprint density at radius 2 is 1.80 bits per heavy atom. The number of aromatic amines is 1. The van der Waals surface area contributed by atoms with E-state index in [0.717, 1.165) is 22.8 Å². The maximum Gasteiger partial charge on any atom is 0.261 e. The van der Waals surface area contributed by atoms with Crippen molar-refractivity contribution in [1.82, 2.24) is 14.5 Å². The van der Waals surface area contributed by atoms with Gasteiger partial charge in [0.2, 0.25) is 0 Å². The minimum atomic E-state index is -0.416. The SMILES string of the molecule is Cc1cc(C)c(C(=O)Nc2ccc(-n3cnc(C)c3C)cc2)c(=O)[nH]1. The number of imidazole rings is 1. The number of anilines is 1. The van der Waals surface area contributed by atoms with E-state index in [2.05, 4.69) is 15.3 Å². The van der Waals surface area contributed by atoms with Crippen molar-refractivity contribution < 1.29 is 4.79 Å². The molecule has 2 heterocycles. The summed E-state index contributed by atoms with van der Waals surface area (Å²) < 4.78 is 1.98. The van der Waals surface area contributed by atoms with Gasteiger partial charge >= 0.3 is 0 Å². The first-order chi connectivity index (χ1) is 11.9. The van der Waals surface area contributed by atoms with Gasteiger partial charge in [-0.3, -0.25) is 9.59 Å². The average Bonchev–Trinajstić information content (AvgIpc) is 2.87. The molecule has 0 saturated heterocycles. The zero-order valence-corrected chi connectivity index (χ0v) is 14.7. The third-order valence-corrected chi connectivity index (χ3v) is 4.25. The number of hydrogen-bond acceptors (Lipinski definition) is 3. The summed E-state index contributed by atoms with van der Waals surface area (Å²) in [6, 6.07) is 9.19. The molecule has 25 heavy (non-hydrogen) atoms. The van der Waals surface area contributed by atoms with E-state index in [0.29, 0.717) is 11.3 Å². The van der Waals surface area contributed by atoms with E-state index in [4.69, 9.17) is 0 Å². The Hall–Kier alpha value is -3.15. The predicted octanol–water partition coefficient (Wildman–Crippen LogP) is 3.05. The maximum absolute atomic E-state index is 12.4. The fourth-order valence-corrected chi connectivity index (χ4v) is 2.79. The Kier molecular flexibility index (Phi) is 4.27. The van der Waals surface area contributed by atoms with E-state index >= 15 is 0 Å². The summed E-state index contributed by atoms with van der Waals surface area (Å²) in [6.07, 6.45) is 1.77. The fraction of sp³-hybridized carbons (Fsp3) is 0.211. The van der Waals surface area contributed by atoms with Gasteiger partial charge in [0.15, 0.2) is 0 Å². The summed E-state index contributed by atoms with van der Waals surface area (Å²) in [7, 11) is 0. The van der Waals surface area contributed by atoms with Crippen LogP contribution in [-0.4, -0.2) is 20.4 Å². The van der Waals surface area contributed by atoms with Gasteiger partial charge in [-0.1, -0.05) is 0 Å². The molecule has 2 N–H and O–H groups in total. The van der Waals surface area contributed by atoms with Crippen LogP contribution in [0.2, 0.25) is 0 Å². The Morgan fingerprint density at radius 1 is 1.12 bits per heavy atom. The predicted molar refractivity (Wildman–Crippen MR) is 97.5 cm³/mol. The van der Waals surface area contributed by atoms with Crippen molar-refractivity contribution in [3.8, 4) is 5.69 Å². The number of H-pyrrole nitrogens is 1. The number of aryl methyl sites for hydroxylation is 3. The summed E-state index contributed by atoms with van der Waals surface area (Å²) >= 11 is 0. The maximum atomic E-state index is 12.4. The van der Waals surface area contributed by atoms with Gasteiger partial charge < -0.3 is 14.9 Å². The Bertz CT molecular complexity index is 997. The Labute approximate surface area is 145 Å². The first-order valence-corrected chi connectivity index (χ1v) is 7.99. The second-order valence-electron chi connectivity index (χ2n) is 6.13. The average molecular weight is 336 g/mol. The standard InChI is InChI=1S/C19H20N4O2/c1-11-9-12(2)21-18(24)17(11)19(25)22-15-5-7-16(8-6-15)23-10-20-13(3)14(23)4/h5-10H,1-4H3,(H,21,24)(H,22,25). The van der Waals surface area contributed by atoms with Crippen molar-refractivity contribution >= 4 is 11.6 Å². The van der Waals surface area contributed by atoms with Crippen LogP contribution in [0.3, 0.4) is 0 Å². The molecule has 0 bridgehead atoms. The van der Waals surface area contributed by atoms with Gasteiger partial charge in [-0.05, 0) is 63.6 Å². The fourth-order valence-electron chi connectivity index (χ4n) is 2.79. The van der Waals surface area contributed by atoms with Gasteiger partial charge in [0.05, 0.1) is 12.0 Å². The van der Waals surface area contributed by atoms with Crippen LogP contribution in [-0.2, 0) is 0 Å². The van der Waals surface area contributed by atoms with E-state index < -0.39 is 5.91 Å². The minimum absolute atomic E-state index is 0.135. The molecule has 128 valence electrons. The minimum Gasteiger partial charge on any atom is -0.326 e. The quantitative estimate of drug-likeness (QED) is 0.771. The van der Waals surface area contributed by atoms with Crippen LogP contribution in [0, 0.1) is 27.7 Å². The van der Waals surface area contributed by atoms with Crippen molar-refractivity contribution in [2.45, 2.75) is 27.7 Å². The summed E-state index contributed by atoms with van der Waals surface area (Å²) in [4.78, 5) is 31.4. The lowest BCUT2D eigenvalue weighted by molar-refractivity contribution is 0.102. The second-order valence-corrected chi connectivity index (χ2v) is 6.13. The number of hydrogen-bond donors (Lipinski definition) is 2. The highest BCUT2D eigenvalue weighted by atomic mass is 16.2. The lowest BCUT2D eigenvalue weighted by atomic mass is 10.1. The van der Waals surface area contributed by atoms with Crippen LogP contribution in [0.4, 0.5) is 5.69 Å². The number of benzene rings is 1. The number of rotatable bonds is 3. The normalized spacial score (nSPS) is 10.7. The molecule has 3 rings (SSSR count). The van der Waals surface area contributed by atoms with Crippen LogP contribution >= 0.6 is 0 Å². The monoisotopic (exact) mass is 336 g/mol.